The van der Waals surface area contributed by atoms with Crippen molar-refractivity contribution in [1.29, 1.82) is 5.26 Å². The number of imide groups is 1. The molecule has 1 aliphatic rings. The Morgan fingerprint density at radius 2 is 2.07 bits per heavy atom. The molecule has 1 fully saturated rings. The van der Waals surface area contributed by atoms with Crippen LogP contribution in [-0.4, -0.2) is 36.0 Å². The van der Waals surface area contributed by atoms with Crippen LogP contribution in [0.5, 0.6) is 0 Å². The Morgan fingerprint density at radius 1 is 1.50 bits per heavy atom. The Morgan fingerprint density at radius 3 is 2.50 bits per heavy atom. The number of nitrogens with zero attached hydrogens (tertiary/aromatic N) is 2. The summed E-state index contributed by atoms with van der Waals surface area (Å²) in [6.07, 6.45) is 0.791. The quantitative estimate of drug-likeness (QED) is 0.598. The Hall–Kier alpha value is -1.41. The maximum atomic E-state index is 11.4. The fraction of sp³-hybridized carbons (Fsp3) is 0.667. The molecule has 14 heavy (non-hydrogen) atoms. The molecule has 0 bridgehead atoms. The van der Waals surface area contributed by atoms with Gasteiger partial charge in [0.15, 0.2) is 0 Å². The van der Waals surface area contributed by atoms with Gasteiger partial charge in [0.2, 0.25) is 0 Å². The number of hydrogen-bond donors (Lipinski definition) is 0. The van der Waals surface area contributed by atoms with Crippen LogP contribution in [0.3, 0.4) is 0 Å². The molecule has 1 atom stereocenters. The van der Waals surface area contributed by atoms with E-state index in [9.17, 15) is 9.59 Å². The lowest BCUT2D eigenvalue weighted by molar-refractivity contribution is -0.161. The molecule has 0 aromatic heterocycles. The van der Waals surface area contributed by atoms with E-state index in [1.165, 1.54) is 0 Å². The SMILES string of the molecule is CCC(CC#N)N1C(=O)COCC1=O. The number of amides is 2. The second-order valence-corrected chi connectivity index (χ2v) is 3.07. The van der Waals surface area contributed by atoms with E-state index in [4.69, 9.17) is 10.00 Å². The maximum absolute atomic E-state index is 11.4. The van der Waals surface area contributed by atoms with Crippen LogP contribution in [0.1, 0.15) is 19.8 Å². The van der Waals surface area contributed by atoms with Crippen molar-refractivity contribution in [2.24, 2.45) is 0 Å². The van der Waals surface area contributed by atoms with Gasteiger partial charge in [-0.15, -0.1) is 0 Å². The van der Waals surface area contributed by atoms with Crippen LogP contribution in [0.4, 0.5) is 0 Å². The van der Waals surface area contributed by atoms with Crippen molar-refractivity contribution in [3.63, 3.8) is 0 Å². The highest BCUT2D eigenvalue weighted by Crippen LogP contribution is 2.12. The van der Waals surface area contributed by atoms with Crippen molar-refractivity contribution >= 4 is 11.8 Å². The number of carbonyl (C=O) groups is 2. The van der Waals surface area contributed by atoms with Crippen LogP contribution >= 0.6 is 0 Å². The van der Waals surface area contributed by atoms with E-state index < -0.39 is 0 Å². The van der Waals surface area contributed by atoms with Gasteiger partial charge in [0.05, 0.1) is 18.5 Å². The Labute approximate surface area is 82.2 Å². The molecule has 0 N–H and O–H groups in total. The third kappa shape index (κ3) is 2.09. The summed E-state index contributed by atoms with van der Waals surface area (Å²) in [7, 11) is 0. The third-order valence-corrected chi connectivity index (χ3v) is 2.15. The molecule has 0 spiro atoms. The van der Waals surface area contributed by atoms with Crippen LogP contribution < -0.4 is 0 Å². The molecule has 0 aromatic carbocycles. The number of rotatable bonds is 3. The molecule has 0 aromatic rings. The molecule has 1 saturated heterocycles. The number of ether oxygens (including phenoxy) is 1. The zero-order chi connectivity index (χ0) is 10.6. The monoisotopic (exact) mass is 196 g/mol. The summed E-state index contributed by atoms with van der Waals surface area (Å²) in [5.74, 6) is -0.688. The first kappa shape index (κ1) is 10.7. The first-order chi connectivity index (χ1) is 6.70. The zero-order valence-corrected chi connectivity index (χ0v) is 8.02. The first-order valence-electron chi connectivity index (χ1n) is 4.50. The number of morpholine rings is 1. The van der Waals surface area contributed by atoms with Crippen molar-refractivity contribution < 1.29 is 14.3 Å². The minimum Gasteiger partial charge on any atom is -0.362 e. The zero-order valence-electron chi connectivity index (χ0n) is 8.02. The van der Waals surface area contributed by atoms with Gasteiger partial charge in [-0.3, -0.25) is 14.5 Å². The highest BCUT2D eigenvalue weighted by Gasteiger charge is 2.31. The van der Waals surface area contributed by atoms with Gasteiger partial charge in [0.1, 0.15) is 13.2 Å². The lowest BCUT2D eigenvalue weighted by atomic mass is 10.1. The predicted octanol–water partition coefficient (Wildman–Crippen LogP) is 0.0641. The summed E-state index contributed by atoms with van der Waals surface area (Å²) >= 11 is 0. The molecule has 0 saturated carbocycles. The average molecular weight is 196 g/mol. The molecular weight excluding hydrogens is 184 g/mol. The van der Waals surface area contributed by atoms with Crippen molar-refractivity contribution in [1.82, 2.24) is 4.90 Å². The molecule has 2 amide bonds. The smallest absolute Gasteiger partial charge is 0.255 e. The second kappa shape index (κ2) is 4.72. The Balaban J connectivity index is 2.75. The highest BCUT2D eigenvalue weighted by atomic mass is 16.5. The topological polar surface area (TPSA) is 70.4 Å². The number of carbonyl (C=O) groups excluding carboxylic acids is 2. The molecular formula is C9H12N2O3. The minimum absolute atomic E-state index is 0.0618. The van der Waals surface area contributed by atoms with Crippen molar-refractivity contribution in [2.45, 2.75) is 25.8 Å². The van der Waals surface area contributed by atoms with Crippen molar-refractivity contribution in [3.05, 3.63) is 0 Å². The molecule has 1 rings (SSSR count). The second-order valence-electron chi connectivity index (χ2n) is 3.07. The van der Waals surface area contributed by atoms with Gasteiger partial charge in [-0.05, 0) is 6.42 Å². The van der Waals surface area contributed by atoms with Gasteiger partial charge < -0.3 is 4.74 Å². The summed E-state index contributed by atoms with van der Waals surface area (Å²) in [4.78, 5) is 23.9. The number of nitriles is 1. The summed E-state index contributed by atoms with van der Waals surface area (Å²) in [6.45, 7) is 1.72. The maximum Gasteiger partial charge on any atom is 0.255 e. The van der Waals surface area contributed by atoms with Crippen LogP contribution in [0.2, 0.25) is 0 Å². The standard InChI is InChI=1S/C9H12N2O3/c1-2-7(3-4-10)11-8(12)5-14-6-9(11)13/h7H,2-3,5-6H2,1H3. The van der Waals surface area contributed by atoms with Crippen molar-refractivity contribution in [2.75, 3.05) is 13.2 Å². The molecule has 76 valence electrons. The summed E-state index contributed by atoms with van der Waals surface area (Å²) < 4.78 is 4.77. The van der Waals surface area contributed by atoms with Gasteiger partial charge >= 0.3 is 0 Å². The van der Waals surface area contributed by atoms with Crippen LogP contribution in [0.15, 0.2) is 0 Å². The molecule has 1 aliphatic heterocycles. The van der Waals surface area contributed by atoms with Crippen LogP contribution in [-0.2, 0) is 14.3 Å². The normalized spacial score (nSPS) is 19.3. The van der Waals surface area contributed by atoms with Crippen molar-refractivity contribution in [3.8, 4) is 6.07 Å². The Bertz CT molecular complexity index is 266. The highest BCUT2D eigenvalue weighted by molar-refractivity contribution is 5.98. The summed E-state index contributed by atoms with van der Waals surface area (Å²) in [5, 5.41) is 8.54. The van der Waals surface area contributed by atoms with Gasteiger partial charge in [-0.2, -0.15) is 5.26 Å². The number of hydrogen-bond acceptors (Lipinski definition) is 4. The molecule has 0 radical (unpaired) electrons. The minimum atomic E-state index is -0.344. The van der Waals surface area contributed by atoms with E-state index in [-0.39, 0.29) is 37.5 Å². The van der Waals surface area contributed by atoms with E-state index >= 15 is 0 Å². The summed E-state index contributed by atoms with van der Waals surface area (Å²) in [6, 6.07) is 1.67. The lowest BCUT2D eigenvalue weighted by Crippen LogP contribution is -2.51. The van der Waals surface area contributed by atoms with Gasteiger partial charge in [0, 0.05) is 0 Å². The average Bonchev–Trinajstić information content (AvgIpc) is 2.16. The van der Waals surface area contributed by atoms with E-state index in [1.807, 2.05) is 13.0 Å². The van der Waals surface area contributed by atoms with E-state index in [1.54, 1.807) is 0 Å². The molecule has 5 heteroatoms. The molecule has 1 heterocycles. The van der Waals surface area contributed by atoms with E-state index in [0.29, 0.717) is 6.42 Å². The first-order valence-corrected chi connectivity index (χ1v) is 4.50. The molecule has 1 unspecified atom stereocenters. The predicted molar refractivity (Wildman–Crippen MR) is 47.0 cm³/mol. The van der Waals surface area contributed by atoms with Gasteiger partial charge in [-0.1, -0.05) is 6.92 Å². The van der Waals surface area contributed by atoms with E-state index in [0.717, 1.165) is 4.90 Å². The fourth-order valence-electron chi connectivity index (χ4n) is 1.43. The molecule has 5 nitrogen and oxygen atoms in total. The molecule has 0 aliphatic carbocycles. The van der Waals surface area contributed by atoms with E-state index in [2.05, 4.69) is 0 Å². The summed E-state index contributed by atoms with van der Waals surface area (Å²) in [5.41, 5.74) is 0. The largest absolute Gasteiger partial charge is 0.362 e. The lowest BCUT2D eigenvalue weighted by Gasteiger charge is -2.30. The fourth-order valence-corrected chi connectivity index (χ4v) is 1.43. The van der Waals surface area contributed by atoms with Crippen LogP contribution in [0.25, 0.3) is 0 Å². The Kier molecular flexibility index (Phi) is 3.60. The van der Waals surface area contributed by atoms with Gasteiger partial charge in [0.25, 0.3) is 11.8 Å². The third-order valence-electron chi connectivity index (χ3n) is 2.15. The van der Waals surface area contributed by atoms with Crippen LogP contribution in [0, 0.1) is 11.3 Å². The van der Waals surface area contributed by atoms with Gasteiger partial charge in [-0.25, -0.2) is 0 Å².